The van der Waals surface area contributed by atoms with E-state index in [4.69, 9.17) is 14.2 Å². The molecule has 30 heavy (non-hydrogen) atoms. The summed E-state index contributed by atoms with van der Waals surface area (Å²) in [7, 11) is 1.53. The number of hydrogen-bond donors (Lipinski definition) is 1. The number of carbonyl (C=O) groups excluding carboxylic acids is 1. The first-order valence-corrected chi connectivity index (χ1v) is 9.88. The fourth-order valence-corrected chi connectivity index (χ4v) is 3.63. The van der Waals surface area contributed by atoms with Gasteiger partial charge < -0.3 is 19.3 Å². The maximum Gasteiger partial charge on any atom is 0.281 e. The summed E-state index contributed by atoms with van der Waals surface area (Å²) in [5.41, 5.74) is 0.404. The highest BCUT2D eigenvalue weighted by Crippen LogP contribution is 2.42. The minimum absolute atomic E-state index is 0.0913. The summed E-state index contributed by atoms with van der Waals surface area (Å²) < 4.78 is 17.1. The fourth-order valence-electron chi connectivity index (χ4n) is 3.63. The molecule has 0 bridgehead atoms. The number of aromatic nitrogens is 2. The number of nitrogens with zero attached hydrogens (tertiary/aromatic N) is 2. The number of rotatable bonds is 5. The van der Waals surface area contributed by atoms with Gasteiger partial charge in [-0.05, 0) is 64.3 Å². The summed E-state index contributed by atoms with van der Waals surface area (Å²) in [6.45, 7) is 10.7. The molecule has 1 aliphatic rings. The number of carbonyl (C=O) groups is 1. The highest BCUT2D eigenvalue weighted by Gasteiger charge is 2.47. The molecule has 7 nitrogen and oxygen atoms in total. The van der Waals surface area contributed by atoms with Crippen LogP contribution in [0.5, 0.6) is 17.4 Å². The van der Waals surface area contributed by atoms with Gasteiger partial charge in [0.2, 0.25) is 0 Å². The van der Waals surface area contributed by atoms with Crippen molar-refractivity contribution in [3.05, 3.63) is 46.8 Å². The Balaban J connectivity index is 2.13. The number of methoxy groups -OCH3 is 1. The number of benzene rings is 1. The zero-order valence-corrected chi connectivity index (χ0v) is 18.5. The number of aliphatic hydroxyl groups excluding tert-OH is 1. The van der Waals surface area contributed by atoms with E-state index < -0.39 is 11.2 Å². The van der Waals surface area contributed by atoms with Gasteiger partial charge in [-0.15, -0.1) is 5.10 Å². The predicted molar refractivity (Wildman–Crippen MR) is 113 cm³/mol. The maximum atomic E-state index is 13.2. The molecule has 0 saturated heterocycles. The maximum absolute atomic E-state index is 13.2. The Labute approximate surface area is 176 Å². The van der Waals surface area contributed by atoms with E-state index in [1.807, 2.05) is 19.9 Å². The number of aryl methyl sites for hydroxylation is 2. The van der Waals surface area contributed by atoms with Crippen LogP contribution in [0.3, 0.4) is 0 Å². The predicted octanol–water partition coefficient (Wildman–Crippen LogP) is 4.57. The monoisotopic (exact) mass is 412 g/mol. The second kappa shape index (κ2) is 7.72. The number of aliphatic hydroxyl groups is 1. The normalized spacial score (nSPS) is 17.8. The summed E-state index contributed by atoms with van der Waals surface area (Å²) in [6, 6.07) is 7.13. The molecule has 1 aliphatic heterocycles. The summed E-state index contributed by atoms with van der Waals surface area (Å²) in [5, 5.41) is 19.0. The zero-order chi connectivity index (χ0) is 22.3. The van der Waals surface area contributed by atoms with E-state index in [1.165, 1.54) is 7.11 Å². The van der Waals surface area contributed by atoms with Gasteiger partial charge in [-0.3, -0.25) is 4.79 Å². The van der Waals surface area contributed by atoms with Gasteiger partial charge >= 0.3 is 0 Å². The van der Waals surface area contributed by atoms with Crippen LogP contribution in [0.25, 0.3) is 5.57 Å². The molecule has 2 heterocycles. The van der Waals surface area contributed by atoms with Crippen LogP contribution in [0.4, 0.5) is 0 Å². The van der Waals surface area contributed by atoms with Crippen molar-refractivity contribution >= 4 is 11.4 Å². The Kier molecular flexibility index (Phi) is 5.60. The van der Waals surface area contributed by atoms with Crippen molar-refractivity contribution in [1.82, 2.24) is 10.2 Å². The first-order chi connectivity index (χ1) is 14.0. The Morgan fingerprint density at radius 3 is 2.43 bits per heavy atom. The second-order valence-corrected chi connectivity index (χ2v) is 8.31. The van der Waals surface area contributed by atoms with Gasteiger partial charge in [0.1, 0.15) is 22.7 Å². The molecule has 0 amide bonds. The molecule has 160 valence electrons. The van der Waals surface area contributed by atoms with Gasteiger partial charge in [0, 0.05) is 6.07 Å². The Morgan fingerprint density at radius 1 is 1.10 bits per heavy atom. The van der Waals surface area contributed by atoms with E-state index in [9.17, 15) is 9.90 Å². The van der Waals surface area contributed by atoms with E-state index >= 15 is 0 Å². The van der Waals surface area contributed by atoms with Crippen molar-refractivity contribution in [2.24, 2.45) is 0 Å². The lowest BCUT2D eigenvalue weighted by molar-refractivity contribution is -0.158. The highest BCUT2D eigenvalue weighted by atomic mass is 16.5. The van der Waals surface area contributed by atoms with Gasteiger partial charge in [-0.1, -0.05) is 13.0 Å². The molecule has 0 spiro atoms. The van der Waals surface area contributed by atoms with E-state index in [0.29, 0.717) is 29.2 Å². The first-order valence-electron chi connectivity index (χ1n) is 9.88. The standard InChI is InChI=1S/C23H28N2O5/c1-8-14-9-10-15(29-21-17(28-7)11-13(2)24-25-21)12-16(14)18-19(26)22(3,4)30-23(5,6)20(18)27/h9-12,26H,8H2,1-7H3. The van der Waals surface area contributed by atoms with Crippen LogP contribution < -0.4 is 9.47 Å². The largest absolute Gasteiger partial charge is 0.508 e. The fraction of sp³-hybridized carbons (Fsp3) is 0.435. The average molecular weight is 412 g/mol. The van der Waals surface area contributed by atoms with Crippen molar-refractivity contribution in [3.63, 3.8) is 0 Å². The molecule has 0 unspecified atom stereocenters. The Bertz CT molecular complexity index is 1020. The molecule has 0 radical (unpaired) electrons. The van der Waals surface area contributed by atoms with Crippen LogP contribution in [0.1, 0.15) is 51.4 Å². The van der Waals surface area contributed by atoms with Crippen molar-refractivity contribution < 1.29 is 24.1 Å². The van der Waals surface area contributed by atoms with E-state index in [2.05, 4.69) is 10.2 Å². The summed E-state index contributed by atoms with van der Waals surface area (Å²) in [5.74, 6) is 0.754. The SMILES string of the molecule is CCc1ccc(Oc2nnc(C)cc2OC)cc1C1=C(O)C(C)(C)OC(C)(C)C1=O. The van der Waals surface area contributed by atoms with Crippen molar-refractivity contribution in [2.45, 2.75) is 59.2 Å². The molecular weight excluding hydrogens is 384 g/mol. The summed E-state index contributed by atoms with van der Waals surface area (Å²) >= 11 is 0. The molecule has 0 atom stereocenters. The molecule has 0 fully saturated rings. The molecule has 1 N–H and O–H groups in total. The molecule has 3 rings (SSSR count). The van der Waals surface area contributed by atoms with E-state index in [0.717, 1.165) is 5.56 Å². The molecule has 0 aliphatic carbocycles. The first kappa shape index (κ1) is 21.8. The van der Waals surface area contributed by atoms with Crippen LogP contribution in [0.2, 0.25) is 0 Å². The van der Waals surface area contributed by atoms with Crippen molar-refractivity contribution in [2.75, 3.05) is 7.11 Å². The van der Waals surface area contributed by atoms with Crippen LogP contribution in [-0.4, -0.2) is 39.4 Å². The third-order valence-corrected chi connectivity index (χ3v) is 5.11. The molecule has 2 aromatic rings. The molecule has 7 heteroatoms. The summed E-state index contributed by atoms with van der Waals surface area (Å²) in [6.07, 6.45) is 0.676. The summed E-state index contributed by atoms with van der Waals surface area (Å²) in [4.78, 5) is 13.2. The number of hydrogen-bond acceptors (Lipinski definition) is 7. The molecule has 0 saturated carbocycles. The van der Waals surface area contributed by atoms with Gasteiger partial charge in [0.25, 0.3) is 5.88 Å². The second-order valence-electron chi connectivity index (χ2n) is 8.31. The average Bonchev–Trinajstić information content (AvgIpc) is 2.68. The van der Waals surface area contributed by atoms with E-state index in [-0.39, 0.29) is 23.0 Å². The number of Topliss-reactive ketones (excluding diaryl/α,β-unsaturated/α-hetero) is 1. The van der Waals surface area contributed by atoms with Gasteiger partial charge in [-0.2, -0.15) is 5.10 Å². The minimum atomic E-state index is -1.07. The zero-order valence-electron chi connectivity index (χ0n) is 18.5. The van der Waals surface area contributed by atoms with Crippen LogP contribution >= 0.6 is 0 Å². The van der Waals surface area contributed by atoms with Crippen molar-refractivity contribution in [1.29, 1.82) is 0 Å². The van der Waals surface area contributed by atoms with Crippen LogP contribution in [0.15, 0.2) is 30.0 Å². The van der Waals surface area contributed by atoms with Gasteiger partial charge in [0.05, 0.1) is 18.4 Å². The Morgan fingerprint density at radius 2 is 1.80 bits per heavy atom. The van der Waals surface area contributed by atoms with Crippen LogP contribution in [0, 0.1) is 6.92 Å². The van der Waals surface area contributed by atoms with Gasteiger partial charge in [-0.25, -0.2) is 0 Å². The number of ketones is 1. The van der Waals surface area contributed by atoms with Crippen molar-refractivity contribution in [3.8, 4) is 17.4 Å². The lowest BCUT2D eigenvalue weighted by Crippen LogP contribution is -2.49. The lowest BCUT2D eigenvalue weighted by atomic mass is 9.81. The third kappa shape index (κ3) is 3.89. The molecule has 1 aromatic carbocycles. The quantitative estimate of drug-likeness (QED) is 0.769. The van der Waals surface area contributed by atoms with Gasteiger partial charge in [0.15, 0.2) is 11.5 Å². The van der Waals surface area contributed by atoms with E-state index in [1.54, 1.807) is 45.9 Å². The van der Waals surface area contributed by atoms with Crippen LogP contribution in [-0.2, 0) is 16.0 Å². The topological polar surface area (TPSA) is 90.8 Å². The number of ether oxygens (including phenoxy) is 3. The smallest absolute Gasteiger partial charge is 0.281 e. The Hall–Kier alpha value is -2.93. The lowest BCUT2D eigenvalue weighted by Gasteiger charge is -2.40. The minimum Gasteiger partial charge on any atom is -0.508 e. The molecular formula is C23H28N2O5. The third-order valence-electron chi connectivity index (χ3n) is 5.11. The molecule has 1 aromatic heterocycles. The highest BCUT2D eigenvalue weighted by molar-refractivity contribution is 6.26.